The van der Waals surface area contributed by atoms with E-state index in [0.29, 0.717) is 43.0 Å². The molecule has 1 atom stereocenters. The zero-order valence-corrected chi connectivity index (χ0v) is 18.1. The van der Waals surface area contributed by atoms with Crippen molar-refractivity contribution in [1.82, 2.24) is 19.2 Å². The lowest BCUT2D eigenvalue weighted by atomic mass is 10.0. The van der Waals surface area contributed by atoms with Crippen molar-refractivity contribution in [3.05, 3.63) is 52.7 Å². The van der Waals surface area contributed by atoms with Crippen LogP contribution in [0.5, 0.6) is 0 Å². The van der Waals surface area contributed by atoms with E-state index in [9.17, 15) is 14.0 Å². The zero-order valence-electron chi connectivity index (χ0n) is 18.1. The highest BCUT2D eigenvalue weighted by Crippen LogP contribution is 2.18. The highest BCUT2D eigenvalue weighted by molar-refractivity contribution is 5.79. The lowest BCUT2D eigenvalue weighted by Gasteiger charge is -2.33. The Kier molecular flexibility index (Phi) is 6.70. The van der Waals surface area contributed by atoms with Crippen molar-refractivity contribution in [3.8, 4) is 0 Å². The lowest BCUT2D eigenvalue weighted by Crippen LogP contribution is -2.39. The van der Waals surface area contributed by atoms with Crippen LogP contribution < -0.4 is 10.9 Å². The second kappa shape index (κ2) is 9.64. The Hall–Kier alpha value is -2.67. The molecule has 2 aromatic heterocycles. The number of aryl methyl sites for hydroxylation is 1. The monoisotopic (exact) mass is 426 g/mol. The van der Waals surface area contributed by atoms with E-state index in [1.54, 1.807) is 27.3 Å². The van der Waals surface area contributed by atoms with E-state index in [-0.39, 0.29) is 17.3 Å². The van der Waals surface area contributed by atoms with Gasteiger partial charge in [0.25, 0.3) is 5.56 Å². The quantitative estimate of drug-likeness (QED) is 0.561. The molecule has 6 nitrogen and oxygen atoms in total. The van der Waals surface area contributed by atoms with Crippen LogP contribution in [0.1, 0.15) is 45.4 Å². The standard InChI is InChI=1S/C24H31FN4O2/c1-18-7-2-3-13-27(18)14-6-12-26-23(30)9-5-16-29-22-17-19(25)10-11-20(22)28-15-4-8-21(28)24(29)31/h4,8,10-11,15,17-18H,2-3,5-7,9,12-14,16H2,1H3,(H,26,30). The van der Waals surface area contributed by atoms with Crippen molar-refractivity contribution in [1.29, 1.82) is 0 Å². The molecule has 31 heavy (non-hydrogen) atoms. The minimum Gasteiger partial charge on any atom is -0.356 e. The molecule has 0 radical (unpaired) electrons. The molecule has 3 heterocycles. The Balaban J connectivity index is 1.32. The molecular weight excluding hydrogens is 395 g/mol. The molecule has 0 spiro atoms. The third-order valence-electron chi connectivity index (χ3n) is 6.37. The molecule has 4 rings (SSSR count). The summed E-state index contributed by atoms with van der Waals surface area (Å²) < 4.78 is 17.2. The number of benzene rings is 1. The number of hydrogen-bond acceptors (Lipinski definition) is 3. The van der Waals surface area contributed by atoms with Crippen LogP contribution >= 0.6 is 0 Å². The summed E-state index contributed by atoms with van der Waals surface area (Å²) in [7, 11) is 0. The van der Waals surface area contributed by atoms with E-state index in [4.69, 9.17) is 0 Å². The molecule has 7 heteroatoms. The molecule has 0 bridgehead atoms. The molecule has 3 aromatic rings. The van der Waals surface area contributed by atoms with Gasteiger partial charge in [-0.05, 0) is 69.5 Å². The second-order valence-corrected chi connectivity index (χ2v) is 8.54. The molecular formula is C24H31FN4O2. The molecule has 1 aromatic carbocycles. The van der Waals surface area contributed by atoms with Crippen molar-refractivity contribution < 1.29 is 9.18 Å². The molecule has 1 saturated heterocycles. The number of aromatic nitrogens is 2. The molecule has 1 aliphatic heterocycles. The number of piperidine rings is 1. The number of fused-ring (bicyclic) bond motifs is 3. The average molecular weight is 427 g/mol. The van der Waals surface area contributed by atoms with E-state index < -0.39 is 0 Å². The lowest BCUT2D eigenvalue weighted by molar-refractivity contribution is -0.121. The van der Waals surface area contributed by atoms with Crippen LogP contribution in [0, 0.1) is 5.82 Å². The van der Waals surface area contributed by atoms with Gasteiger partial charge in [0, 0.05) is 38.3 Å². The maximum absolute atomic E-state index is 13.9. The van der Waals surface area contributed by atoms with Gasteiger partial charge in [-0.25, -0.2) is 4.39 Å². The molecule has 166 valence electrons. The molecule has 1 N–H and O–H groups in total. The van der Waals surface area contributed by atoms with Gasteiger partial charge < -0.3 is 19.2 Å². The highest BCUT2D eigenvalue weighted by atomic mass is 19.1. The van der Waals surface area contributed by atoms with Gasteiger partial charge in [0.2, 0.25) is 5.91 Å². The summed E-state index contributed by atoms with van der Waals surface area (Å²) in [4.78, 5) is 27.6. The summed E-state index contributed by atoms with van der Waals surface area (Å²) in [6.07, 6.45) is 7.47. The molecule has 1 fully saturated rings. The predicted octanol–water partition coefficient (Wildman–Crippen LogP) is 3.55. The predicted molar refractivity (Wildman–Crippen MR) is 121 cm³/mol. The number of amides is 1. The first-order chi connectivity index (χ1) is 15.0. The minimum atomic E-state index is -0.382. The normalized spacial score (nSPS) is 17.4. The largest absolute Gasteiger partial charge is 0.356 e. The van der Waals surface area contributed by atoms with Crippen LogP contribution in [-0.4, -0.2) is 45.5 Å². The molecule has 1 aliphatic rings. The summed E-state index contributed by atoms with van der Waals surface area (Å²) in [6, 6.07) is 8.68. The zero-order chi connectivity index (χ0) is 21.8. The number of likely N-dealkylation sites (tertiary alicyclic amines) is 1. The third-order valence-corrected chi connectivity index (χ3v) is 6.37. The number of halogens is 1. The topological polar surface area (TPSA) is 58.8 Å². The average Bonchev–Trinajstić information content (AvgIpc) is 3.25. The van der Waals surface area contributed by atoms with Crippen molar-refractivity contribution >= 4 is 22.5 Å². The maximum atomic E-state index is 13.9. The molecule has 0 aliphatic carbocycles. The van der Waals surface area contributed by atoms with Crippen molar-refractivity contribution in [2.75, 3.05) is 19.6 Å². The molecule has 1 amide bonds. The van der Waals surface area contributed by atoms with E-state index in [0.717, 1.165) is 25.0 Å². The van der Waals surface area contributed by atoms with Gasteiger partial charge in [-0.15, -0.1) is 0 Å². The second-order valence-electron chi connectivity index (χ2n) is 8.54. The first-order valence-electron chi connectivity index (χ1n) is 11.3. The van der Waals surface area contributed by atoms with Gasteiger partial charge in [-0.2, -0.15) is 0 Å². The van der Waals surface area contributed by atoms with Crippen molar-refractivity contribution in [2.45, 2.75) is 58.0 Å². The Bertz CT molecular complexity index is 1120. The van der Waals surface area contributed by atoms with Crippen LogP contribution in [-0.2, 0) is 11.3 Å². The van der Waals surface area contributed by atoms with Gasteiger partial charge in [-0.1, -0.05) is 6.42 Å². The summed E-state index contributed by atoms with van der Waals surface area (Å²) in [5.74, 6) is -0.382. The maximum Gasteiger partial charge on any atom is 0.275 e. The molecule has 0 saturated carbocycles. The smallest absolute Gasteiger partial charge is 0.275 e. The van der Waals surface area contributed by atoms with Crippen LogP contribution in [0.25, 0.3) is 16.6 Å². The highest BCUT2D eigenvalue weighted by Gasteiger charge is 2.17. The fourth-order valence-corrected chi connectivity index (χ4v) is 4.64. The number of carbonyl (C=O) groups excluding carboxylic acids is 1. The van der Waals surface area contributed by atoms with Crippen molar-refractivity contribution in [3.63, 3.8) is 0 Å². The number of hydrogen-bond donors (Lipinski definition) is 1. The Labute approximate surface area is 181 Å². The van der Waals surface area contributed by atoms with Gasteiger partial charge >= 0.3 is 0 Å². The number of nitrogens with zero attached hydrogens (tertiary/aromatic N) is 3. The van der Waals surface area contributed by atoms with E-state index in [1.165, 1.54) is 31.4 Å². The van der Waals surface area contributed by atoms with E-state index in [2.05, 4.69) is 17.1 Å². The number of nitrogens with one attached hydrogen (secondary N) is 1. The van der Waals surface area contributed by atoms with Crippen molar-refractivity contribution in [2.24, 2.45) is 0 Å². The van der Waals surface area contributed by atoms with Crippen LogP contribution in [0.4, 0.5) is 4.39 Å². The van der Waals surface area contributed by atoms with Crippen LogP contribution in [0.2, 0.25) is 0 Å². The molecule has 1 unspecified atom stereocenters. The summed E-state index contributed by atoms with van der Waals surface area (Å²) >= 11 is 0. The third kappa shape index (κ3) is 4.82. The van der Waals surface area contributed by atoms with E-state index in [1.807, 2.05) is 6.07 Å². The Morgan fingerprint density at radius 3 is 2.84 bits per heavy atom. The van der Waals surface area contributed by atoms with Crippen LogP contribution in [0.3, 0.4) is 0 Å². The summed E-state index contributed by atoms with van der Waals surface area (Å²) in [6.45, 7) is 5.50. The minimum absolute atomic E-state index is 0.000933. The summed E-state index contributed by atoms with van der Waals surface area (Å²) in [5, 5.41) is 2.99. The number of carbonyl (C=O) groups is 1. The SMILES string of the molecule is CC1CCCCN1CCCNC(=O)CCCn1c(=O)c2cccn2c2ccc(F)cc21. The van der Waals surface area contributed by atoms with Gasteiger partial charge in [0.15, 0.2) is 0 Å². The first-order valence-corrected chi connectivity index (χ1v) is 11.3. The summed E-state index contributed by atoms with van der Waals surface area (Å²) in [5.41, 5.74) is 1.71. The van der Waals surface area contributed by atoms with Gasteiger partial charge in [0.05, 0.1) is 11.0 Å². The first kappa shape index (κ1) is 21.6. The fourth-order valence-electron chi connectivity index (χ4n) is 4.64. The number of rotatable bonds is 8. The van der Waals surface area contributed by atoms with Gasteiger partial charge in [-0.3, -0.25) is 9.59 Å². The Morgan fingerprint density at radius 2 is 2.00 bits per heavy atom. The van der Waals surface area contributed by atoms with Crippen LogP contribution in [0.15, 0.2) is 41.3 Å². The van der Waals surface area contributed by atoms with E-state index >= 15 is 0 Å². The Morgan fingerprint density at radius 1 is 1.13 bits per heavy atom. The van der Waals surface area contributed by atoms with Gasteiger partial charge in [0.1, 0.15) is 11.3 Å². The fraction of sp³-hybridized carbons (Fsp3) is 0.500.